The number of carbonyl (C=O) groups excluding carboxylic acids is 1. The molecule has 0 saturated carbocycles. The fourth-order valence-electron chi connectivity index (χ4n) is 2.14. The van der Waals surface area contributed by atoms with Gasteiger partial charge in [0, 0.05) is 31.9 Å². The number of rotatable bonds is 3. The van der Waals surface area contributed by atoms with E-state index in [1.165, 1.54) is 23.9 Å². The van der Waals surface area contributed by atoms with Crippen molar-refractivity contribution in [2.24, 2.45) is 7.05 Å². The molecule has 20 heavy (non-hydrogen) atoms. The van der Waals surface area contributed by atoms with Crippen molar-refractivity contribution in [3.05, 3.63) is 33.1 Å². The molecule has 1 amide bonds. The molecule has 2 N–H and O–H groups in total. The van der Waals surface area contributed by atoms with E-state index in [1.54, 1.807) is 0 Å². The molecular weight excluding hydrogens is 284 g/mol. The first-order valence-corrected chi connectivity index (χ1v) is 6.34. The van der Waals surface area contributed by atoms with E-state index in [0.29, 0.717) is 0 Å². The molecular formula is C12H19ClN4O3. The third kappa shape index (κ3) is 3.94. The standard InChI is InChI=1S/C12H18N4O3.ClH/c1-15-11(18)4-6-16(12(15)19)8-10(17)14-9-3-2-5-13-7-9;/h4,6,9,13H,2-3,5,7-8H2,1H3,(H,14,17);1H/t9-;/m0./s1. The average molecular weight is 303 g/mol. The van der Waals surface area contributed by atoms with Gasteiger partial charge in [0.05, 0.1) is 0 Å². The molecule has 1 aliphatic heterocycles. The summed E-state index contributed by atoms with van der Waals surface area (Å²) in [4.78, 5) is 34.8. The van der Waals surface area contributed by atoms with Crippen molar-refractivity contribution in [3.63, 3.8) is 0 Å². The Labute approximate surface area is 122 Å². The maximum absolute atomic E-state index is 11.8. The lowest BCUT2D eigenvalue weighted by atomic mass is 10.1. The van der Waals surface area contributed by atoms with Crippen molar-refractivity contribution in [3.8, 4) is 0 Å². The minimum atomic E-state index is -0.482. The van der Waals surface area contributed by atoms with Gasteiger partial charge >= 0.3 is 5.69 Å². The number of hydrogen-bond acceptors (Lipinski definition) is 4. The van der Waals surface area contributed by atoms with Gasteiger partial charge in [0.1, 0.15) is 6.54 Å². The third-order valence-electron chi connectivity index (χ3n) is 3.24. The number of nitrogens with one attached hydrogen (secondary N) is 2. The van der Waals surface area contributed by atoms with E-state index < -0.39 is 5.69 Å². The van der Waals surface area contributed by atoms with Crippen molar-refractivity contribution in [2.45, 2.75) is 25.4 Å². The van der Waals surface area contributed by atoms with Crippen LogP contribution in [0.25, 0.3) is 0 Å². The highest BCUT2D eigenvalue weighted by atomic mass is 35.5. The summed E-state index contributed by atoms with van der Waals surface area (Å²) in [5, 5.41) is 6.08. The van der Waals surface area contributed by atoms with Crippen LogP contribution in [0, 0.1) is 0 Å². The first-order chi connectivity index (χ1) is 9.08. The van der Waals surface area contributed by atoms with Crippen LogP contribution in [0.2, 0.25) is 0 Å². The second-order valence-corrected chi connectivity index (χ2v) is 4.73. The SMILES string of the molecule is Cl.Cn1c(=O)ccn(CC(=O)N[C@H]2CCCNC2)c1=O. The van der Waals surface area contributed by atoms with Gasteiger partial charge in [0.25, 0.3) is 5.56 Å². The summed E-state index contributed by atoms with van der Waals surface area (Å²) in [6.07, 6.45) is 3.33. The number of hydrogen-bond donors (Lipinski definition) is 2. The average Bonchev–Trinajstić information content (AvgIpc) is 2.41. The van der Waals surface area contributed by atoms with E-state index in [-0.39, 0.29) is 36.5 Å². The lowest BCUT2D eigenvalue weighted by Gasteiger charge is -2.23. The van der Waals surface area contributed by atoms with Gasteiger partial charge in [0.15, 0.2) is 0 Å². The molecule has 1 fully saturated rings. The molecule has 1 aromatic rings. The molecule has 0 spiro atoms. The number of nitrogens with zero attached hydrogens (tertiary/aromatic N) is 2. The molecule has 0 radical (unpaired) electrons. The number of piperidine rings is 1. The quantitative estimate of drug-likeness (QED) is 0.737. The molecule has 8 heteroatoms. The van der Waals surface area contributed by atoms with Crippen LogP contribution in [0.1, 0.15) is 12.8 Å². The second kappa shape index (κ2) is 7.25. The summed E-state index contributed by atoms with van der Waals surface area (Å²) in [6, 6.07) is 1.39. The zero-order valence-electron chi connectivity index (χ0n) is 11.3. The van der Waals surface area contributed by atoms with Crippen molar-refractivity contribution >= 4 is 18.3 Å². The van der Waals surface area contributed by atoms with Crippen molar-refractivity contribution in [2.75, 3.05) is 13.1 Å². The molecule has 2 rings (SSSR count). The van der Waals surface area contributed by atoms with Gasteiger partial charge in [-0.05, 0) is 19.4 Å². The molecule has 7 nitrogen and oxygen atoms in total. The summed E-state index contributed by atoms with van der Waals surface area (Å²) >= 11 is 0. The van der Waals surface area contributed by atoms with Gasteiger partial charge in [-0.1, -0.05) is 0 Å². The van der Waals surface area contributed by atoms with Gasteiger partial charge in [0.2, 0.25) is 5.91 Å². The molecule has 1 saturated heterocycles. The number of halogens is 1. The summed E-state index contributed by atoms with van der Waals surface area (Å²) in [5.41, 5.74) is -0.859. The van der Waals surface area contributed by atoms with E-state index in [9.17, 15) is 14.4 Å². The van der Waals surface area contributed by atoms with E-state index in [1.807, 2.05) is 0 Å². The van der Waals surface area contributed by atoms with Crippen LogP contribution in [0.4, 0.5) is 0 Å². The fraction of sp³-hybridized carbons (Fsp3) is 0.583. The topological polar surface area (TPSA) is 85.1 Å². The molecule has 0 aromatic carbocycles. The summed E-state index contributed by atoms with van der Waals surface area (Å²) in [5.74, 6) is -0.213. The van der Waals surface area contributed by atoms with Gasteiger partial charge in [-0.15, -0.1) is 12.4 Å². The lowest BCUT2D eigenvalue weighted by Crippen LogP contribution is -2.47. The summed E-state index contributed by atoms with van der Waals surface area (Å²) < 4.78 is 2.21. The molecule has 1 aliphatic rings. The molecule has 0 unspecified atom stereocenters. The molecule has 0 aliphatic carbocycles. The van der Waals surface area contributed by atoms with Crippen LogP contribution < -0.4 is 21.9 Å². The third-order valence-corrected chi connectivity index (χ3v) is 3.24. The molecule has 1 aromatic heterocycles. The zero-order valence-corrected chi connectivity index (χ0v) is 12.1. The molecule has 1 atom stereocenters. The predicted octanol–water partition coefficient (Wildman–Crippen LogP) is -1.16. The van der Waals surface area contributed by atoms with Crippen LogP contribution in [0.5, 0.6) is 0 Å². The maximum atomic E-state index is 11.8. The first kappa shape index (κ1) is 16.5. The van der Waals surface area contributed by atoms with Gasteiger partial charge < -0.3 is 10.6 Å². The van der Waals surface area contributed by atoms with E-state index in [2.05, 4.69) is 10.6 Å². The Hall–Kier alpha value is -1.60. The van der Waals surface area contributed by atoms with Gasteiger partial charge in [-0.3, -0.25) is 18.7 Å². The van der Waals surface area contributed by atoms with Crippen molar-refractivity contribution < 1.29 is 4.79 Å². The first-order valence-electron chi connectivity index (χ1n) is 6.34. The van der Waals surface area contributed by atoms with E-state index in [4.69, 9.17) is 0 Å². The lowest BCUT2D eigenvalue weighted by molar-refractivity contribution is -0.122. The number of amides is 1. The number of aromatic nitrogens is 2. The predicted molar refractivity (Wildman–Crippen MR) is 77.2 cm³/mol. The molecule has 112 valence electrons. The van der Waals surface area contributed by atoms with Crippen LogP contribution in [0.15, 0.2) is 21.9 Å². The maximum Gasteiger partial charge on any atom is 0.331 e. The monoisotopic (exact) mass is 302 g/mol. The largest absolute Gasteiger partial charge is 0.351 e. The Morgan fingerprint density at radius 2 is 2.25 bits per heavy atom. The fourth-order valence-corrected chi connectivity index (χ4v) is 2.14. The second-order valence-electron chi connectivity index (χ2n) is 4.73. The van der Waals surface area contributed by atoms with Gasteiger partial charge in [-0.2, -0.15) is 0 Å². The summed E-state index contributed by atoms with van der Waals surface area (Å²) in [6.45, 7) is 1.67. The highest BCUT2D eigenvalue weighted by molar-refractivity contribution is 5.85. The highest BCUT2D eigenvalue weighted by Crippen LogP contribution is 2.00. The van der Waals surface area contributed by atoms with Crippen molar-refractivity contribution in [1.29, 1.82) is 0 Å². The molecule has 0 bridgehead atoms. The minimum absolute atomic E-state index is 0. The van der Waals surface area contributed by atoms with E-state index in [0.717, 1.165) is 30.5 Å². The van der Waals surface area contributed by atoms with Crippen LogP contribution >= 0.6 is 12.4 Å². The van der Waals surface area contributed by atoms with Crippen LogP contribution in [0.3, 0.4) is 0 Å². The highest BCUT2D eigenvalue weighted by Gasteiger charge is 2.15. The van der Waals surface area contributed by atoms with Crippen LogP contribution in [-0.2, 0) is 18.4 Å². The Morgan fingerprint density at radius 3 is 2.90 bits per heavy atom. The smallest absolute Gasteiger partial charge is 0.331 e. The molecule has 2 heterocycles. The Bertz CT molecular complexity index is 575. The van der Waals surface area contributed by atoms with Crippen LogP contribution in [-0.4, -0.2) is 34.2 Å². The Kier molecular flexibility index (Phi) is 5.97. The van der Waals surface area contributed by atoms with Crippen molar-refractivity contribution in [1.82, 2.24) is 19.8 Å². The summed E-state index contributed by atoms with van der Waals surface area (Å²) in [7, 11) is 1.39. The Balaban J connectivity index is 0.00000200. The van der Waals surface area contributed by atoms with Gasteiger partial charge in [-0.25, -0.2) is 4.79 Å². The zero-order chi connectivity index (χ0) is 13.8. The minimum Gasteiger partial charge on any atom is -0.351 e. The Morgan fingerprint density at radius 1 is 1.50 bits per heavy atom. The number of carbonyl (C=O) groups is 1. The van der Waals surface area contributed by atoms with E-state index >= 15 is 0 Å². The normalized spacial score (nSPS) is 18.1.